The molecule has 0 aliphatic heterocycles. The van der Waals surface area contributed by atoms with Crippen molar-refractivity contribution < 1.29 is 4.74 Å². The van der Waals surface area contributed by atoms with Crippen LogP contribution in [0.25, 0.3) is 0 Å². The molecule has 17 heavy (non-hydrogen) atoms. The van der Waals surface area contributed by atoms with Crippen LogP contribution in [0.15, 0.2) is 73.0 Å². The van der Waals surface area contributed by atoms with Gasteiger partial charge in [0.05, 0.1) is 6.26 Å². The van der Waals surface area contributed by atoms with E-state index in [1.54, 1.807) is 6.26 Å². The Hall–Kier alpha value is -2.02. The first-order chi connectivity index (χ1) is 8.45. The summed E-state index contributed by atoms with van der Waals surface area (Å²) in [7, 11) is 0. The van der Waals surface area contributed by atoms with Gasteiger partial charge in [-0.05, 0) is 23.6 Å². The summed E-state index contributed by atoms with van der Waals surface area (Å²) in [5.41, 5.74) is 2.49. The van der Waals surface area contributed by atoms with Gasteiger partial charge >= 0.3 is 0 Å². The van der Waals surface area contributed by atoms with Crippen molar-refractivity contribution in [3.63, 3.8) is 0 Å². The van der Waals surface area contributed by atoms with Crippen LogP contribution >= 0.6 is 0 Å². The second kappa shape index (κ2) is 6.54. The van der Waals surface area contributed by atoms with E-state index in [2.05, 4.69) is 24.3 Å². The van der Waals surface area contributed by atoms with Gasteiger partial charge in [0.15, 0.2) is 0 Å². The second-order valence-electron chi connectivity index (χ2n) is 3.86. The van der Waals surface area contributed by atoms with E-state index in [-0.39, 0.29) is 0 Å². The molecule has 0 saturated carbocycles. The van der Waals surface area contributed by atoms with E-state index in [4.69, 9.17) is 4.74 Å². The number of benzene rings is 2. The summed E-state index contributed by atoms with van der Waals surface area (Å²) in [6.45, 7) is 0.631. The smallest absolute Gasteiger partial charge is 0.112 e. The first kappa shape index (κ1) is 11.5. The minimum atomic E-state index is 0.631. The van der Waals surface area contributed by atoms with E-state index in [0.29, 0.717) is 6.61 Å². The maximum absolute atomic E-state index is 5.46. The molecule has 0 heterocycles. The van der Waals surface area contributed by atoms with Gasteiger partial charge in [-0.1, -0.05) is 60.7 Å². The van der Waals surface area contributed by atoms with E-state index < -0.39 is 0 Å². The largest absolute Gasteiger partial charge is 0.497 e. The summed E-state index contributed by atoms with van der Waals surface area (Å²) in [4.78, 5) is 0. The lowest BCUT2D eigenvalue weighted by molar-refractivity contribution is 0.235. The molecule has 0 aliphatic rings. The predicted octanol–water partition coefficient (Wildman–Crippen LogP) is 3.96. The summed E-state index contributed by atoms with van der Waals surface area (Å²) in [6.07, 6.45) is 4.73. The Kier molecular flexibility index (Phi) is 4.41. The van der Waals surface area contributed by atoms with Crippen molar-refractivity contribution in [1.29, 1.82) is 0 Å². The van der Waals surface area contributed by atoms with Gasteiger partial charge in [-0.25, -0.2) is 0 Å². The predicted molar refractivity (Wildman–Crippen MR) is 70.5 cm³/mol. The normalized spacial score (nSPS) is 10.6. The van der Waals surface area contributed by atoms with E-state index in [9.17, 15) is 0 Å². The molecular formula is C16H16O. The Labute approximate surface area is 102 Å². The Morgan fingerprint density at radius 3 is 2.00 bits per heavy atom. The van der Waals surface area contributed by atoms with Gasteiger partial charge in [-0.2, -0.15) is 0 Å². The number of rotatable bonds is 5. The fraction of sp³-hybridized carbons (Fsp3) is 0.125. The SMILES string of the molecule is C(=COCc1ccccc1)Cc1ccccc1. The molecule has 0 radical (unpaired) electrons. The average molecular weight is 224 g/mol. The van der Waals surface area contributed by atoms with E-state index in [0.717, 1.165) is 6.42 Å². The highest BCUT2D eigenvalue weighted by Crippen LogP contribution is 2.02. The van der Waals surface area contributed by atoms with Crippen LogP contribution in [0.5, 0.6) is 0 Å². The monoisotopic (exact) mass is 224 g/mol. The highest BCUT2D eigenvalue weighted by molar-refractivity contribution is 5.17. The van der Waals surface area contributed by atoms with Crippen LogP contribution in [0.4, 0.5) is 0 Å². The molecule has 0 fully saturated rings. The van der Waals surface area contributed by atoms with Gasteiger partial charge in [0.25, 0.3) is 0 Å². The minimum Gasteiger partial charge on any atom is -0.497 e. The molecular weight excluding hydrogens is 208 g/mol. The zero-order valence-electron chi connectivity index (χ0n) is 9.75. The van der Waals surface area contributed by atoms with Gasteiger partial charge in [-0.15, -0.1) is 0 Å². The fourth-order valence-electron chi connectivity index (χ4n) is 1.58. The van der Waals surface area contributed by atoms with Crippen LogP contribution in [0.1, 0.15) is 11.1 Å². The lowest BCUT2D eigenvalue weighted by Gasteiger charge is -2.00. The number of hydrogen-bond acceptors (Lipinski definition) is 1. The number of hydrogen-bond donors (Lipinski definition) is 0. The third kappa shape index (κ3) is 4.15. The van der Waals surface area contributed by atoms with Crippen LogP contribution in [0.3, 0.4) is 0 Å². The van der Waals surface area contributed by atoms with Crippen molar-refractivity contribution in [3.8, 4) is 0 Å². The summed E-state index contributed by atoms with van der Waals surface area (Å²) in [5.74, 6) is 0. The van der Waals surface area contributed by atoms with Gasteiger partial charge in [0.1, 0.15) is 6.61 Å². The second-order valence-corrected chi connectivity index (χ2v) is 3.86. The highest BCUT2D eigenvalue weighted by atomic mass is 16.5. The first-order valence-electron chi connectivity index (χ1n) is 5.79. The molecule has 0 amide bonds. The molecule has 0 unspecified atom stereocenters. The van der Waals surface area contributed by atoms with Gasteiger partial charge in [0.2, 0.25) is 0 Å². The molecule has 86 valence electrons. The highest BCUT2D eigenvalue weighted by Gasteiger charge is 1.88. The van der Waals surface area contributed by atoms with Crippen LogP contribution in [-0.2, 0) is 17.8 Å². The maximum atomic E-state index is 5.46. The zero-order chi connectivity index (χ0) is 11.8. The standard InChI is InChI=1S/C16H16O/c1-3-8-15(9-4-1)12-7-13-17-14-16-10-5-2-6-11-16/h1-11,13H,12,14H2. The molecule has 2 rings (SSSR count). The van der Waals surface area contributed by atoms with Crippen molar-refractivity contribution in [3.05, 3.63) is 84.1 Å². The lowest BCUT2D eigenvalue weighted by Crippen LogP contribution is -1.85. The Morgan fingerprint density at radius 2 is 1.35 bits per heavy atom. The number of allylic oxidation sites excluding steroid dienone is 1. The van der Waals surface area contributed by atoms with E-state index in [1.165, 1.54) is 11.1 Å². The fourth-order valence-corrected chi connectivity index (χ4v) is 1.58. The summed E-state index contributed by atoms with van der Waals surface area (Å²) in [6, 6.07) is 20.5. The molecule has 0 atom stereocenters. The first-order valence-corrected chi connectivity index (χ1v) is 5.79. The molecule has 0 bridgehead atoms. The van der Waals surface area contributed by atoms with Crippen LogP contribution < -0.4 is 0 Å². The molecule has 2 aromatic rings. The molecule has 0 aromatic heterocycles. The van der Waals surface area contributed by atoms with Gasteiger partial charge < -0.3 is 4.74 Å². The topological polar surface area (TPSA) is 9.23 Å². The Morgan fingerprint density at radius 1 is 0.765 bits per heavy atom. The van der Waals surface area contributed by atoms with E-state index >= 15 is 0 Å². The third-order valence-corrected chi connectivity index (χ3v) is 2.48. The molecule has 2 aromatic carbocycles. The summed E-state index contributed by atoms with van der Waals surface area (Å²) >= 11 is 0. The Bertz CT molecular complexity index is 445. The molecule has 0 aliphatic carbocycles. The van der Waals surface area contributed by atoms with Crippen molar-refractivity contribution in [2.75, 3.05) is 0 Å². The van der Waals surface area contributed by atoms with Crippen LogP contribution in [-0.4, -0.2) is 0 Å². The van der Waals surface area contributed by atoms with Crippen molar-refractivity contribution >= 4 is 0 Å². The van der Waals surface area contributed by atoms with E-state index in [1.807, 2.05) is 42.5 Å². The lowest BCUT2D eigenvalue weighted by atomic mass is 10.2. The molecule has 1 nitrogen and oxygen atoms in total. The molecule has 0 N–H and O–H groups in total. The third-order valence-electron chi connectivity index (χ3n) is 2.48. The number of ether oxygens (including phenoxy) is 1. The van der Waals surface area contributed by atoms with Crippen LogP contribution in [0, 0.1) is 0 Å². The average Bonchev–Trinajstić information content (AvgIpc) is 2.41. The van der Waals surface area contributed by atoms with Crippen molar-refractivity contribution in [2.45, 2.75) is 13.0 Å². The van der Waals surface area contributed by atoms with Gasteiger partial charge in [0, 0.05) is 0 Å². The molecule has 0 saturated heterocycles. The maximum Gasteiger partial charge on any atom is 0.112 e. The van der Waals surface area contributed by atoms with Crippen molar-refractivity contribution in [2.24, 2.45) is 0 Å². The quantitative estimate of drug-likeness (QED) is 0.698. The van der Waals surface area contributed by atoms with Gasteiger partial charge in [-0.3, -0.25) is 0 Å². The van der Waals surface area contributed by atoms with Crippen LogP contribution in [0.2, 0.25) is 0 Å². The Balaban J connectivity index is 1.72. The summed E-state index contributed by atoms with van der Waals surface area (Å²) in [5, 5.41) is 0. The molecule has 1 heteroatoms. The minimum absolute atomic E-state index is 0.631. The zero-order valence-corrected chi connectivity index (χ0v) is 9.75. The summed E-state index contributed by atoms with van der Waals surface area (Å²) < 4.78 is 5.46. The van der Waals surface area contributed by atoms with Crippen molar-refractivity contribution in [1.82, 2.24) is 0 Å². The molecule has 0 spiro atoms.